The second-order valence-corrected chi connectivity index (χ2v) is 8.32. The zero-order valence-corrected chi connectivity index (χ0v) is 17.4. The summed E-state index contributed by atoms with van der Waals surface area (Å²) in [7, 11) is 0. The second kappa shape index (κ2) is 7.83. The highest BCUT2D eigenvalue weighted by Gasteiger charge is 2.21. The number of rotatable bonds is 5. The summed E-state index contributed by atoms with van der Waals surface area (Å²) < 4.78 is 6.21. The van der Waals surface area contributed by atoms with Crippen LogP contribution in [0, 0.1) is 0 Å². The van der Waals surface area contributed by atoms with E-state index < -0.39 is 5.97 Å². The van der Waals surface area contributed by atoms with E-state index in [0.717, 1.165) is 26.8 Å². The van der Waals surface area contributed by atoms with E-state index in [9.17, 15) is 14.7 Å². The number of phenols is 1. The topological polar surface area (TPSA) is 87.7 Å². The first-order valence-electron chi connectivity index (χ1n) is 9.79. The monoisotopic (exact) mass is 440 g/mol. The molecule has 0 amide bonds. The fourth-order valence-corrected chi connectivity index (χ4v) is 4.87. The van der Waals surface area contributed by atoms with Crippen LogP contribution < -0.4 is 0 Å². The lowest BCUT2D eigenvalue weighted by atomic mass is 9.97. The zero-order chi connectivity index (χ0) is 22.2. The molecule has 0 radical (unpaired) electrons. The molecular weight excluding hydrogens is 424 g/mol. The molecule has 0 saturated heterocycles. The number of thiophene rings is 1. The average Bonchev–Trinajstić information content (AvgIpc) is 3.44. The molecule has 0 fully saturated rings. The van der Waals surface area contributed by atoms with Crippen LogP contribution in [0.5, 0.6) is 5.75 Å². The lowest BCUT2D eigenvalue weighted by molar-refractivity contribution is 0.0696. The van der Waals surface area contributed by atoms with Gasteiger partial charge in [-0.15, -0.1) is 11.3 Å². The molecule has 3 aromatic carbocycles. The number of carbonyl (C=O) groups is 2. The van der Waals surface area contributed by atoms with Gasteiger partial charge in [0.2, 0.25) is 5.78 Å². The number of furan rings is 1. The Kier molecular flexibility index (Phi) is 4.84. The quantitative estimate of drug-likeness (QED) is 0.306. The molecule has 6 heteroatoms. The van der Waals surface area contributed by atoms with Gasteiger partial charge in [-0.1, -0.05) is 54.6 Å². The van der Waals surface area contributed by atoms with Gasteiger partial charge in [0.05, 0.1) is 10.4 Å². The molecule has 0 atom stereocenters. The summed E-state index contributed by atoms with van der Waals surface area (Å²) in [5, 5.41) is 19.9. The number of aromatic hydroxyl groups is 1. The van der Waals surface area contributed by atoms with Crippen LogP contribution >= 0.6 is 11.3 Å². The molecule has 0 aliphatic rings. The first kappa shape index (κ1) is 19.8. The molecule has 0 saturated carbocycles. The summed E-state index contributed by atoms with van der Waals surface area (Å²) in [6.07, 6.45) is 1.21. The third-order valence-electron chi connectivity index (χ3n) is 5.22. The number of phenolic OH excluding ortho intramolecular Hbond substituents is 1. The van der Waals surface area contributed by atoms with Crippen LogP contribution in [-0.4, -0.2) is 22.0 Å². The van der Waals surface area contributed by atoms with E-state index in [-0.39, 0.29) is 17.1 Å². The molecule has 2 N–H and O–H groups in total. The first-order chi connectivity index (χ1) is 15.5. The van der Waals surface area contributed by atoms with Gasteiger partial charge in [-0.05, 0) is 29.8 Å². The van der Waals surface area contributed by atoms with Gasteiger partial charge in [0, 0.05) is 26.8 Å². The van der Waals surface area contributed by atoms with E-state index in [0.29, 0.717) is 16.2 Å². The van der Waals surface area contributed by atoms with Crippen molar-refractivity contribution in [3.63, 3.8) is 0 Å². The SMILES string of the molecule is O=C(O)c1coc(-c2ccc(-c3c(C(=O)c4ccccc4)sc4cc(O)ccc34)cc2)c1. The Bertz CT molecular complexity index is 1460. The Balaban J connectivity index is 1.62. The molecule has 0 spiro atoms. The van der Waals surface area contributed by atoms with Gasteiger partial charge in [-0.2, -0.15) is 0 Å². The summed E-state index contributed by atoms with van der Waals surface area (Å²) >= 11 is 1.35. The summed E-state index contributed by atoms with van der Waals surface area (Å²) in [5.41, 5.74) is 3.06. The van der Waals surface area contributed by atoms with Crippen molar-refractivity contribution >= 4 is 33.2 Å². The molecule has 32 heavy (non-hydrogen) atoms. The maximum atomic E-state index is 13.3. The van der Waals surface area contributed by atoms with Crippen LogP contribution in [0.15, 0.2) is 89.5 Å². The maximum absolute atomic E-state index is 13.3. The number of carboxylic acids is 1. The molecule has 156 valence electrons. The third-order valence-corrected chi connectivity index (χ3v) is 6.37. The van der Waals surface area contributed by atoms with E-state index in [1.54, 1.807) is 24.3 Å². The van der Waals surface area contributed by atoms with Crippen LogP contribution in [0.1, 0.15) is 25.6 Å². The Labute approximate surface area is 186 Å². The van der Waals surface area contributed by atoms with Gasteiger partial charge < -0.3 is 14.6 Å². The molecule has 0 bridgehead atoms. The Morgan fingerprint density at radius 2 is 1.53 bits per heavy atom. The minimum absolute atomic E-state index is 0.0810. The Morgan fingerprint density at radius 1 is 0.812 bits per heavy atom. The molecule has 5 rings (SSSR count). The van der Waals surface area contributed by atoms with Crippen LogP contribution in [0.2, 0.25) is 0 Å². The molecular formula is C26H16O5S. The number of aromatic carboxylic acids is 1. The summed E-state index contributed by atoms with van der Waals surface area (Å²) in [6, 6.07) is 23.1. The predicted molar refractivity (Wildman–Crippen MR) is 123 cm³/mol. The standard InChI is InChI=1S/C26H16O5S/c27-19-10-11-20-22(13-19)32-25(24(28)17-4-2-1-3-5-17)23(20)16-8-6-15(7-9-16)21-12-18(14-31-21)26(29)30/h1-14,27H,(H,29,30). The second-order valence-electron chi connectivity index (χ2n) is 7.26. The Hall–Kier alpha value is -4.16. The molecule has 0 unspecified atom stereocenters. The highest BCUT2D eigenvalue weighted by Crippen LogP contribution is 2.41. The third kappa shape index (κ3) is 3.46. The van der Waals surface area contributed by atoms with Crippen LogP contribution in [-0.2, 0) is 0 Å². The summed E-state index contributed by atoms with van der Waals surface area (Å²) in [5.74, 6) is -0.530. The number of carboxylic acid groups (broad SMARTS) is 1. The van der Waals surface area contributed by atoms with Crippen molar-refractivity contribution in [2.75, 3.05) is 0 Å². The van der Waals surface area contributed by atoms with Gasteiger partial charge in [0.1, 0.15) is 17.8 Å². The van der Waals surface area contributed by atoms with E-state index >= 15 is 0 Å². The van der Waals surface area contributed by atoms with E-state index in [1.165, 1.54) is 23.7 Å². The molecule has 2 aromatic heterocycles. The average molecular weight is 440 g/mol. The largest absolute Gasteiger partial charge is 0.508 e. The number of ketones is 1. The fraction of sp³-hybridized carbons (Fsp3) is 0. The van der Waals surface area contributed by atoms with Crippen LogP contribution in [0.25, 0.3) is 32.5 Å². The smallest absolute Gasteiger partial charge is 0.338 e. The number of hydrogen-bond acceptors (Lipinski definition) is 5. The highest BCUT2D eigenvalue weighted by atomic mass is 32.1. The lowest BCUT2D eigenvalue weighted by Crippen LogP contribution is -2.00. The zero-order valence-electron chi connectivity index (χ0n) is 16.6. The van der Waals surface area contributed by atoms with Gasteiger partial charge in [-0.3, -0.25) is 4.79 Å². The number of benzene rings is 3. The van der Waals surface area contributed by atoms with E-state index in [4.69, 9.17) is 9.52 Å². The Morgan fingerprint density at radius 3 is 2.22 bits per heavy atom. The van der Waals surface area contributed by atoms with Gasteiger partial charge in [-0.25, -0.2) is 4.79 Å². The van der Waals surface area contributed by atoms with Crippen molar-refractivity contribution in [2.24, 2.45) is 0 Å². The fourth-order valence-electron chi connectivity index (χ4n) is 3.65. The number of carbonyl (C=O) groups excluding carboxylic acids is 1. The minimum Gasteiger partial charge on any atom is -0.508 e. The molecule has 2 heterocycles. The van der Waals surface area contributed by atoms with Gasteiger partial charge in [0.15, 0.2) is 0 Å². The van der Waals surface area contributed by atoms with Gasteiger partial charge >= 0.3 is 5.97 Å². The highest BCUT2D eigenvalue weighted by molar-refractivity contribution is 7.21. The number of fused-ring (bicyclic) bond motifs is 1. The van der Waals surface area contributed by atoms with Crippen molar-refractivity contribution in [2.45, 2.75) is 0 Å². The lowest BCUT2D eigenvalue weighted by Gasteiger charge is -2.06. The van der Waals surface area contributed by atoms with E-state index in [1.807, 2.05) is 48.5 Å². The predicted octanol–water partition coefficient (Wildman–Crippen LogP) is 6.46. The first-order valence-corrected chi connectivity index (χ1v) is 10.6. The summed E-state index contributed by atoms with van der Waals surface area (Å²) in [4.78, 5) is 25.0. The molecule has 0 aliphatic heterocycles. The molecule has 0 aliphatic carbocycles. The maximum Gasteiger partial charge on any atom is 0.338 e. The van der Waals surface area contributed by atoms with E-state index in [2.05, 4.69) is 0 Å². The van der Waals surface area contributed by atoms with Crippen LogP contribution in [0.3, 0.4) is 0 Å². The molecule has 5 aromatic rings. The van der Waals surface area contributed by atoms with Crippen molar-refractivity contribution in [1.82, 2.24) is 0 Å². The van der Waals surface area contributed by atoms with Gasteiger partial charge in [0.25, 0.3) is 0 Å². The minimum atomic E-state index is -1.05. The van der Waals surface area contributed by atoms with Crippen molar-refractivity contribution in [1.29, 1.82) is 0 Å². The van der Waals surface area contributed by atoms with Crippen molar-refractivity contribution in [3.05, 3.63) is 101 Å². The van der Waals surface area contributed by atoms with Crippen molar-refractivity contribution in [3.8, 4) is 28.2 Å². The normalized spacial score (nSPS) is 11.0. The van der Waals surface area contributed by atoms with Crippen LogP contribution in [0.4, 0.5) is 0 Å². The summed E-state index contributed by atoms with van der Waals surface area (Å²) in [6.45, 7) is 0. The number of hydrogen-bond donors (Lipinski definition) is 2. The molecule has 5 nitrogen and oxygen atoms in total. The van der Waals surface area contributed by atoms with Crippen molar-refractivity contribution < 1.29 is 24.2 Å².